The normalized spacial score (nSPS) is 11.2. The zero-order valence-corrected chi connectivity index (χ0v) is 7.01. The fourth-order valence-corrected chi connectivity index (χ4v) is 0.736. The lowest BCUT2D eigenvalue weighted by Gasteiger charge is -2.07. The van der Waals surface area contributed by atoms with Crippen LogP contribution >= 0.6 is 0 Å². The lowest BCUT2D eigenvalue weighted by Crippen LogP contribution is -2.28. The Morgan fingerprint density at radius 3 is 2.47 bits per heavy atom. The number of halogens is 4. The third kappa shape index (κ3) is 2.58. The second-order valence-corrected chi connectivity index (χ2v) is 2.48. The van der Waals surface area contributed by atoms with E-state index in [1.54, 1.807) is 0 Å². The molecule has 1 rings (SSSR count). The molecule has 0 atom stereocenters. The van der Waals surface area contributed by atoms with Gasteiger partial charge in [-0.2, -0.15) is 17.6 Å². The van der Waals surface area contributed by atoms with Gasteiger partial charge in [0.15, 0.2) is 11.5 Å². The van der Waals surface area contributed by atoms with Crippen molar-refractivity contribution < 1.29 is 32.2 Å². The van der Waals surface area contributed by atoms with Gasteiger partial charge in [-0.25, -0.2) is 4.79 Å². The standard InChI is InChI=1S/C8H4F4O3/c9-6-4(13)2-1-3-5(6)15-7(14)8(10,11)12/h1-3,13H. The first-order valence-electron chi connectivity index (χ1n) is 3.59. The largest absolute Gasteiger partial charge is 0.505 e. The number of alkyl halides is 3. The van der Waals surface area contributed by atoms with Crippen molar-refractivity contribution >= 4 is 5.97 Å². The van der Waals surface area contributed by atoms with Crippen molar-refractivity contribution in [2.75, 3.05) is 0 Å². The molecule has 0 aliphatic carbocycles. The van der Waals surface area contributed by atoms with E-state index in [4.69, 9.17) is 5.11 Å². The highest BCUT2D eigenvalue weighted by Gasteiger charge is 2.41. The molecule has 0 saturated carbocycles. The SMILES string of the molecule is O=C(Oc1cccc(O)c1F)C(F)(F)F. The maximum Gasteiger partial charge on any atom is 0.491 e. The van der Waals surface area contributed by atoms with E-state index in [0.29, 0.717) is 0 Å². The molecule has 82 valence electrons. The molecule has 0 amide bonds. The van der Waals surface area contributed by atoms with Crippen molar-refractivity contribution in [3.05, 3.63) is 24.0 Å². The molecule has 0 saturated heterocycles. The van der Waals surface area contributed by atoms with Gasteiger partial charge in [0.25, 0.3) is 0 Å². The molecule has 0 fully saturated rings. The molecule has 0 spiro atoms. The van der Waals surface area contributed by atoms with Crippen LogP contribution in [0.25, 0.3) is 0 Å². The Morgan fingerprint density at radius 1 is 1.33 bits per heavy atom. The number of phenolic OH excluding ortho intramolecular Hbond substituents is 1. The predicted octanol–water partition coefficient (Wildman–Crippen LogP) is 2.00. The highest BCUT2D eigenvalue weighted by atomic mass is 19.4. The number of ether oxygens (including phenoxy) is 1. The van der Waals surface area contributed by atoms with Crippen LogP contribution < -0.4 is 4.74 Å². The molecular formula is C8H4F4O3. The number of esters is 1. The van der Waals surface area contributed by atoms with Crippen LogP contribution in [-0.4, -0.2) is 17.3 Å². The van der Waals surface area contributed by atoms with Gasteiger partial charge in [-0.1, -0.05) is 6.07 Å². The highest BCUT2D eigenvalue weighted by molar-refractivity contribution is 5.78. The predicted molar refractivity (Wildman–Crippen MR) is 39.8 cm³/mol. The third-order valence-electron chi connectivity index (χ3n) is 1.38. The minimum absolute atomic E-state index is 0.790. The number of carbonyl (C=O) groups excluding carboxylic acids is 1. The molecule has 0 aromatic heterocycles. The summed E-state index contributed by atoms with van der Waals surface area (Å²) in [5.74, 6) is -5.85. The van der Waals surface area contributed by atoms with Crippen LogP contribution in [0.15, 0.2) is 18.2 Å². The Morgan fingerprint density at radius 2 is 1.93 bits per heavy atom. The maximum atomic E-state index is 12.9. The minimum atomic E-state index is -5.21. The summed E-state index contributed by atoms with van der Waals surface area (Å²) < 4.78 is 51.7. The van der Waals surface area contributed by atoms with Crippen molar-refractivity contribution in [1.29, 1.82) is 0 Å². The molecule has 0 bridgehead atoms. The van der Waals surface area contributed by atoms with Crippen LogP contribution in [0, 0.1) is 5.82 Å². The van der Waals surface area contributed by atoms with Crippen LogP contribution in [-0.2, 0) is 4.79 Å². The van der Waals surface area contributed by atoms with E-state index in [-0.39, 0.29) is 0 Å². The Balaban J connectivity index is 2.91. The summed E-state index contributed by atoms with van der Waals surface area (Å²) >= 11 is 0. The van der Waals surface area contributed by atoms with Crippen LogP contribution in [0.3, 0.4) is 0 Å². The van der Waals surface area contributed by atoms with Gasteiger partial charge in [0.05, 0.1) is 0 Å². The Labute approximate surface area is 80.9 Å². The van der Waals surface area contributed by atoms with Gasteiger partial charge in [-0.05, 0) is 12.1 Å². The van der Waals surface area contributed by atoms with E-state index >= 15 is 0 Å². The average molecular weight is 224 g/mol. The minimum Gasteiger partial charge on any atom is -0.505 e. The summed E-state index contributed by atoms with van der Waals surface area (Å²) in [4.78, 5) is 10.3. The van der Waals surface area contributed by atoms with Crippen molar-refractivity contribution in [2.45, 2.75) is 6.18 Å². The van der Waals surface area contributed by atoms with Gasteiger partial charge in [-0.3, -0.25) is 0 Å². The Bertz CT molecular complexity index is 386. The molecule has 0 unspecified atom stereocenters. The molecule has 3 nitrogen and oxygen atoms in total. The van der Waals surface area contributed by atoms with Crippen molar-refractivity contribution in [2.24, 2.45) is 0 Å². The first kappa shape index (κ1) is 11.3. The lowest BCUT2D eigenvalue weighted by atomic mass is 10.3. The lowest BCUT2D eigenvalue weighted by molar-refractivity contribution is -0.189. The van der Waals surface area contributed by atoms with E-state index in [9.17, 15) is 22.4 Å². The Kier molecular flexibility index (Phi) is 2.83. The summed E-state index contributed by atoms with van der Waals surface area (Å²) in [6, 6.07) is 2.73. The molecule has 1 N–H and O–H groups in total. The number of carbonyl (C=O) groups is 1. The number of phenols is 1. The van der Waals surface area contributed by atoms with Crippen molar-refractivity contribution in [1.82, 2.24) is 0 Å². The van der Waals surface area contributed by atoms with Gasteiger partial charge in [-0.15, -0.1) is 0 Å². The molecule has 0 aliphatic heterocycles. The van der Waals surface area contributed by atoms with Gasteiger partial charge in [0.2, 0.25) is 5.82 Å². The smallest absolute Gasteiger partial charge is 0.491 e. The number of hydrogen-bond acceptors (Lipinski definition) is 3. The maximum absolute atomic E-state index is 12.9. The summed E-state index contributed by atoms with van der Waals surface area (Å²) in [7, 11) is 0. The molecule has 0 radical (unpaired) electrons. The first-order chi connectivity index (χ1) is 6.82. The van der Waals surface area contributed by atoms with Crippen LogP contribution in [0.5, 0.6) is 11.5 Å². The van der Waals surface area contributed by atoms with Crippen molar-refractivity contribution in [3.8, 4) is 11.5 Å². The molecule has 7 heteroatoms. The monoisotopic (exact) mass is 224 g/mol. The van der Waals surface area contributed by atoms with Crippen LogP contribution in [0.2, 0.25) is 0 Å². The zero-order chi connectivity index (χ0) is 11.6. The van der Waals surface area contributed by atoms with Gasteiger partial charge >= 0.3 is 12.1 Å². The molecule has 0 heterocycles. The second kappa shape index (κ2) is 3.76. The molecule has 1 aromatic rings. The first-order valence-corrected chi connectivity index (χ1v) is 3.59. The summed E-state index contributed by atoms with van der Waals surface area (Å²) in [5.41, 5.74) is 0. The third-order valence-corrected chi connectivity index (χ3v) is 1.38. The van der Waals surface area contributed by atoms with Gasteiger partial charge in [0.1, 0.15) is 0 Å². The number of rotatable bonds is 1. The van der Waals surface area contributed by atoms with E-state index in [1.165, 1.54) is 0 Å². The fraction of sp³-hybridized carbons (Fsp3) is 0.125. The zero-order valence-electron chi connectivity index (χ0n) is 7.01. The van der Waals surface area contributed by atoms with E-state index in [0.717, 1.165) is 18.2 Å². The average Bonchev–Trinajstić information content (AvgIpc) is 2.11. The quantitative estimate of drug-likeness (QED) is 0.450. The molecule has 1 aromatic carbocycles. The highest BCUT2D eigenvalue weighted by Crippen LogP contribution is 2.27. The second-order valence-electron chi connectivity index (χ2n) is 2.48. The fourth-order valence-electron chi connectivity index (χ4n) is 0.736. The summed E-state index contributed by atoms with van der Waals surface area (Å²) in [6.07, 6.45) is -5.21. The molecule has 15 heavy (non-hydrogen) atoms. The molecular weight excluding hydrogens is 220 g/mol. The number of aromatic hydroxyl groups is 1. The van der Waals surface area contributed by atoms with Crippen molar-refractivity contribution in [3.63, 3.8) is 0 Å². The Hall–Kier alpha value is -1.79. The van der Waals surface area contributed by atoms with E-state index in [2.05, 4.69) is 4.74 Å². The van der Waals surface area contributed by atoms with Crippen LogP contribution in [0.1, 0.15) is 0 Å². The molecule has 0 aliphatic rings. The van der Waals surface area contributed by atoms with E-state index < -0.39 is 29.5 Å². The van der Waals surface area contributed by atoms with Gasteiger partial charge < -0.3 is 9.84 Å². The topological polar surface area (TPSA) is 46.5 Å². The number of benzene rings is 1. The van der Waals surface area contributed by atoms with E-state index in [1.807, 2.05) is 0 Å². The summed E-state index contributed by atoms with van der Waals surface area (Å²) in [5, 5.41) is 8.77. The summed E-state index contributed by atoms with van der Waals surface area (Å²) in [6.45, 7) is 0. The number of hydrogen-bond donors (Lipinski definition) is 1. The van der Waals surface area contributed by atoms with Gasteiger partial charge in [0, 0.05) is 0 Å². The van der Waals surface area contributed by atoms with Crippen LogP contribution in [0.4, 0.5) is 17.6 Å².